The predicted octanol–water partition coefficient (Wildman–Crippen LogP) is 0.872. The number of carbonyl (C=O) groups is 1. The van der Waals surface area contributed by atoms with Crippen LogP contribution in [-0.2, 0) is 6.54 Å². The molecule has 88 valence electrons. The minimum Gasteiger partial charge on any atom is -0.481 e. The van der Waals surface area contributed by atoms with E-state index in [1.807, 2.05) is 6.07 Å². The maximum Gasteiger partial charge on any atom is 0.264 e. The molecule has 0 aliphatic carbocycles. The normalized spacial score (nSPS) is 9.94. The van der Waals surface area contributed by atoms with Crippen molar-refractivity contribution in [2.75, 3.05) is 7.11 Å². The van der Waals surface area contributed by atoms with Crippen LogP contribution in [0.1, 0.15) is 15.2 Å². The Hall–Kier alpha value is -2.02. The maximum absolute atomic E-state index is 11.6. The van der Waals surface area contributed by atoms with Gasteiger partial charge in [0.25, 0.3) is 5.91 Å². The lowest BCUT2D eigenvalue weighted by Crippen LogP contribution is -2.21. The van der Waals surface area contributed by atoms with Crippen LogP contribution in [0, 0.1) is 0 Å². The topological polar surface area (TPSA) is 77.0 Å². The van der Waals surface area contributed by atoms with Gasteiger partial charge in [-0.3, -0.25) is 4.79 Å². The second-order valence-corrected chi connectivity index (χ2v) is 3.96. The predicted molar refractivity (Wildman–Crippen MR) is 61.9 cm³/mol. The molecule has 1 amide bonds. The van der Waals surface area contributed by atoms with Gasteiger partial charge >= 0.3 is 0 Å². The number of ether oxygens (including phenoxy) is 1. The number of nitrogens with zero attached hydrogens (tertiary/aromatic N) is 3. The smallest absolute Gasteiger partial charge is 0.264 e. The van der Waals surface area contributed by atoms with Gasteiger partial charge in [0.15, 0.2) is 0 Å². The van der Waals surface area contributed by atoms with Crippen molar-refractivity contribution in [3.8, 4) is 5.88 Å². The highest BCUT2D eigenvalue weighted by Crippen LogP contribution is 2.08. The van der Waals surface area contributed by atoms with E-state index in [9.17, 15) is 4.79 Å². The SMILES string of the molecule is COc1cc(CNC(=O)c2cnns2)ccn1. The van der Waals surface area contributed by atoms with Crippen LogP contribution in [0.4, 0.5) is 0 Å². The number of aromatic nitrogens is 3. The van der Waals surface area contributed by atoms with Crippen molar-refractivity contribution in [1.29, 1.82) is 0 Å². The zero-order valence-corrected chi connectivity index (χ0v) is 9.90. The minimum absolute atomic E-state index is 0.184. The van der Waals surface area contributed by atoms with Crippen molar-refractivity contribution in [1.82, 2.24) is 19.9 Å². The average molecular weight is 250 g/mol. The Morgan fingerprint density at radius 3 is 3.18 bits per heavy atom. The van der Waals surface area contributed by atoms with E-state index >= 15 is 0 Å². The van der Waals surface area contributed by atoms with Gasteiger partial charge < -0.3 is 10.1 Å². The molecule has 0 fully saturated rings. The zero-order valence-electron chi connectivity index (χ0n) is 9.08. The third-order valence-corrected chi connectivity index (χ3v) is 2.71. The zero-order chi connectivity index (χ0) is 12.1. The lowest BCUT2D eigenvalue weighted by Gasteiger charge is -2.04. The van der Waals surface area contributed by atoms with Crippen LogP contribution in [0.3, 0.4) is 0 Å². The van der Waals surface area contributed by atoms with E-state index in [0.717, 1.165) is 17.1 Å². The first kappa shape index (κ1) is 11.5. The van der Waals surface area contributed by atoms with Crippen LogP contribution in [-0.4, -0.2) is 27.6 Å². The summed E-state index contributed by atoms with van der Waals surface area (Å²) in [7, 11) is 1.55. The average Bonchev–Trinajstić information content (AvgIpc) is 2.90. The largest absolute Gasteiger partial charge is 0.481 e. The van der Waals surface area contributed by atoms with Gasteiger partial charge in [0.1, 0.15) is 4.88 Å². The van der Waals surface area contributed by atoms with Crippen molar-refractivity contribution < 1.29 is 9.53 Å². The Labute approximate surface area is 102 Å². The number of amides is 1. The molecule has 6 nitrogen and oxygen atoms in total. The molecule has 17 heavy (non-hydrogen) atoms. The van der Waals surface area contributed by atoms with Gasteiger partial charge in [0.2, 0.25) is 5.88 Å². The van der Waals surface area contributed by atoms with Crippen molar-refractivity contribution in [3.05, 3.63) is 35.0 Å². The molecule has 2 heterocycles. The fourth-order valence-electron chi connectivity index (χ4n) is 1.21. The molecule has 2 rings (SSSR count). The van der Waals surface area contributed by atoms with Crippen LogP contribution in [0.25, 0.3) is 0 Å². The van der Waals surface area contributed by atoms with Crippen LogP contribution in [0.2, 0.25) is 0 Å². The van der Waals surface area contributed by atoms with Crippen LogP contribution < -0.4 is 10.1 Å². The van der Waals surface area contributed by atoms with Crippen molar-refractivity contribution in [2.24, 2.45) is 0 Å². The molecule has 0 bridgehead atoms. The standard InChI is InChI=1S/C10H10N4O2S/c1-16-9-4-7(2-3-11-9)5-12-10(15)8-6-13-14-17-8/h2-4,6H,5H2,1H3,(H,12,15). The minimum atomic E-state index is -0.184. The molecule has 1 N–H and O–H groups in total. The molecule has 7 heteroatoms. The number of hydrogen-bond donors (Lipinski definition) is 1. The van der Waals surface area contributed by atoms with Gasteiger partial charge in [0.05, 0.1) is 13.3 Å². The van der Waals surface area contributed by atoms with E-state index < -0.39 is 0 Å². The number of pyridine rings is 1. The monoisotopic (exact) mass is 250 g/mol. The third-order valence-electron chi connectivity index (χ3n) is 2.05. The molecule has 0 aromatic carbocycles. The van der Waals surface area contributed by atoms with Crippen molar-refractivity contribution in [3.63, 3.8) is 0 Å². The van der Waals surface area contributed by atoms with Gasteiger partial charge in [-0.05, 0) is 23.2 Å². The first-order valence-electron chi connectivity index (χ1n) is 4.84. The quantitative estimate of drug-likeness (QED) is 0.871. The van der Waals surface area contributed by atoms with Gasteiger partial charge in [-0.15, -0.1) is 5.10 Å². The molecule has 0 radical (unpaired) electrons. The third kappa shape index (κ3) is 2.97. The lowest BCUT2D eigenvalue weighted by atomic mass is 10.2. The summed E-state index contributed by atoms with van der Waals surface area (Å²) < 4.78 is 8.62. The summed E-state index contributed by atoms with van der Waals surface area (Å²) >= 11 is 1.06. The summed E-state index contributed by atoms with van der Waals surface area (Å²) in [6.07, 6.45) is 3.07. The number of hydrogen-bond acceptors (Lipinski definition) is 6. The van der Waals surface area contributed by atoms with Crippen molar-refractivity contribution in [2.45, 2.75) is 6.54 Å². The first-order valence-corrected chi connectivity index (χ1v) is 5.61. The van der Waals surface area contributed by atoms with Crippen LogP contribution >= 0.6 is 11.5 Å². The highest BCUT2D eigenvalue weighted by atomic mass is 32.1. The molecule has 0 saturated heterocycles. The molecule has 0 unspecified atom stereocenters. The van der Waals surface area contributed by atoms with Crippen molar-refractivity contribution >= 4 is 17.4 Å². The molecule has 0 spiro atoms. The van der Waals surface area contributed by atoms with Gasteiger partial charge in [0, 0.05) is 18.8 Å². The molecular weight excluding hydrogens is 240 g/mol. The summed E-state index contributed by atoms with van der Waals surface area (Å²) in [5.41, 5.74) is 0.919. The molecule has 2 aromatic heterocycles. The fraction of sp³-hybridized carbons (Fsp3) is 0.200. The Morgan fingerprint density at radius 1 is 1.59 bits per heavy atom. The van der Waals surface area contributed by atoms with Gasteiger partial charge in [-0.1, -0.05) is 4.49 Å². The Bertz CT molecular complexity index is 501. The summed E-state index contributed by atoms with van der Waals surface area (Å²) in [6, 6.07) is 3.58. The van der Waals surface area contributed by atoms with E-state index in [-0.39, 0.29) is 5.91 Å². The number of rotatable bonds is 4. The summed E-state index contributed by atoms with van der Waals surface area (Å²) in [5, 5.41) is 6.36. The van der Waals surface area contributed by atoms with E-state index in [1.165, 1.54) is 6.20 Å². The molecule has 0 atom stereocenters. The maximum atomic E-state index is 11.6. The van der Waals surface area contributed by atoms with E-state index in [4.69, 9.17) is 4.74 Å². The molecule has 2 aromatic rings. The highest BCUT2D eigenvalue weighted by molar-refractivity contribution is 7.07. The molecule has 0 aliphatic heterocycles. The number of carbonyl (C=O) groups excluding carboxylic acids is 1. The second kappa shape index (κ2) is 5.35. The summed E-state index contributed by atoms with van der Waals surface area (Å²) in [5.74, 6) is 0.340. The second-order valence-electron chi connectivity index (χ2n) is 3.17. The molecule has 0 aliphatic rings. The molecule has 0 saturated carbocycles. The van der Waals surface area contributed by atoms with Gasteiger partial charge in [-0.25, -0.2) is 4.98 Å². The summed E-state index contributed by atoms with van der Waals surface area (Å²) in [6.45, 7) is 0.412. The highest BCUT2D eigenvalue weighted by Gasteiger charge is 2.07. The Balaban J connectivity index is 1.95. The Morgan fingerprint density at radius 2 is 2.47 bits per heavy atom. The first-order chi connectivity index (χ1) is 8.29. The number of methoxy groups -OCH3 is 1. The fourth-order valence-corrected chi connectivity index (χ4v) is 1.64. The van der Waals surface area contributed by atoms with Crippen LogP contribution in [0.5, 0.6) is 5.88 Å². The molecular formula is C10H10N4O2S. The Kier molecular flexibility index (Phi) is 3.61. The van der Waals surface area contributed by atoms with Gasteiger partial charge in [-0.2, -0.15) is 0 Å². The van der Waals surface area contributed by atoms with Crippen LogP contribution in [0.15, 0.2) is 24.5 Å². The number of nitrogens with one attached hydrogen (secondary N) is 1. The van der Waals surface area contributed by atoms with E-state index in [2.05, 4.69) is 19.9 Å². The summed E-state index contributed by atoms with van der Waals surface area (Å²) in [4.78, 5) is 16.1. The lowest BCUT2D eigenvalue weighted by molar-refractivity contribution is 0.0954. The van der Waals surface area contributed by atoms with E-state index in [0.29, 0.717) is 17.3 Å². The van der Waals surface area contributed by atoms with E-state index in [1.54, 1.807) is 19.4 Å².